The number of benzene rings is 1. The lowest BCUT2D eigenvalue weighted by Crippen LogP contribution is -2.26. The topological polar surface area (TPSA) is 64.6 Å². The number of nitrogens with one attached hydrogen (secondary N) is 1. The molecule has 7 heteroatoms. The van der Waals surface area contributed by atoms with Gasteiger partial charge < -0.3 is 14.8 Å². The summed E-state index contributed by atoms with van der Waals surface area (Å²) in [4.78, 5) is 22.3. The van der Waals surface area contributed by atoms with Crippen LogP contribution < -0.4 is 5.32 Å². The van der Waals surface area contributed by atoms with Crippen molar-refractivity contribution in [3.8, 4) is 0 Å². The van der Waals surface area contributed by atoms with Gasteiger partial charge in [0.2, 0.25) is 0 Å². The van der Waals surface area contributed by atoms with Crippen LogP contribution in [0, 0.1) is 0 Å². The Morgan fingerprint density at radius 1 is 1.14 bits per heavy atom. The number of alkyl carbamates (subject to hydrolysis) is 1. The van der Waals surface area contributed by atoms with Crippen molar-refractivity contribution in [3.05, 3.63) is 35.9 Å². The predicted octanol–water partition coefficient (Wildman–Crippen LogP) is 2.86. The highest BCUT2D eigenvalue weighted by molar-refractivity contribution is 8.76. The summed E-state index contributed by atoms with van der Waals surface area (Å²) in [5, 5.41) is 2.68. The van der Waals surface area contributed by atoms with Gasteiger partial charge in [0.1, 0.15) is 6.61 Å². The number of carbonyl (C=O) groups excluding carboxylic acids is 2. The van der Waals surface area contributed by atoms with E-state index in [1.807, 2.05) is 30.3 Å². The van der Waals surface area contributed by atoms with Crippen LogP contribution in [0.2, 0.25) is 0 Å². The van der Waals surface area contributed by atoms with Crippen LogP contribution in [0.1, 0.15) is 12.0 Å². The van der Waals surface area contributed by atoms with Crippen molar-refractivity contribution < 1.29 is 19.1 Å². The molecule has 0 fully saturated rings. The van der Waals surface area contributed by atoms with Crippen molar-refractivity contribution in [1.82, 2.24) is 5.32 Å². The maximum Gasteiger partial charge on any atom is 0.407 e. The van der Waals surface area contributed by atoms with Crippen LogP contribution in [-0.4, -0.2) is 37.2 Å². The quantitative estimate of drug-likeness (QED) is 0.427. The van der Waals surface area contributed by atoms with E-state index in [1.54, 1.807) is 21.6 Å². The number of hydrogen-bond donors (Lipinski definition) is 1. The van der Waals surface area contributed by atoms with Crippen LogP contribution in [0.15, 0.2) is 30.3 Å². The Bertz CT molecular complexity index is 428. The summed E-state index contributed by atoms with van der Waals surface area (Å²) >= 11 is 0. The van der Waals surface area contributed by atoms with Crippen LogP contribution in [0.3, 0.4) is 0 Å². The maximum absolute atomic E-state index is 11.4. The van der Waals surface area contributed by atoms with Crippen molar-refractivity contribution >= 4 is 33.7 Å². The summed E-state index contributed by atoms with van der Waals surface area (Å²) in [6, 6.07) is 9.53. The molecular weight excluding hydrogens is 310 g/mol. The standard InChI is InChI=1S/C14H19NO4S2/c1-18-13(16)7-9-20-21-10-8-15-14(17)19-11-12-5-3-2-4-6-12/h2-6H,7-11H2,1H3,(H,15,17). The minimum Gasteiger partial charge on any atom is -0.469 e. The van der Waals surface area contributed by atoms with Gasteiger partial charge >= 0.3 is 12.1 Å². The Labute approximate surface area is 132 Å². The largest absolute Gasteiger partial charge is 0.469 e. The smallest absolute Gasteiger partial charge is 0.407 e. The molecule has 1 aromatic rings. The van der Waals surface area contributed by atoms with Gasteiger partial charge in [0.05, 0.1) is 13.5 Å². The van der Waals surface area contributed by atoms with Gasteiger partial charge in [-0.25, -0.2) is 4.79 Å². The first-order chi connectivity index (χ1) is 10.2. The van der Waals surface area contributed by atoms with E-state index in [1.165, 1.54) is 7.11 Å². The fourth-order valence-electron chi connectivity index (χ4n) is 1.31. The molecule has 0 spiro atoms. The molecule has 0 aliphatic heterocycles. The van der Waals surface area contributed by atoms with Gasteiger partial charge in [-0.3, -0.25) is 4.79 Å². The molecule has 0 aromatic heterocycles. The Hall–Kier alpha value is -1.34. The average Bonchev–Trinajstić information content (AvgIpc) is 2.52. The predicted molar refractivity (Wildman–Crippen MR) is 86.2 cm³/mol. The monoisotopic (exact) mass is 329 g/mol. The lowest BCUT2D eigenvalue weighted by molar-refractivity contribution is -0.140. The molecular formula is C14H19NO4S2. The van der Waals surface area contributed by atoms with E-state index in [-0.39, 0.29) is 12.6 Å². The van der Waals surface area contributed by atoms with E-state index in [4.69, 9.17) is 4.74 Å². The van der Waals surface area contributed by atoms with Crippen molar-refractivity contribution in [1.29, 1.82) is 0 Å². The van der Waals surface area contributed by atoms with E-state index in [9.17, 15) is 9.59 Å². The zero-order valence-electron chi connectivity index (χ0n) is 11.9. The molecule has 5 nitrogen and oxygen atoms in total. The van der Waals surface area contributed by atoms with E-state index in [0.29, 0.717) is 18.7 Å². The average molecular weight is 329 g/mol. The summed E-state index contributed by atoms with van der Waals surface area (Å²) in [5.74, 6) is 1.26. The van der Waals surface area contributed by atoms with Crippen LogP contribution in [0.4, 0.5) is 4.79 Å². The summed E-state index contributed by atoms with van der Waals surface area (Å²) in [6.45, 7) is 0.803. The lowest BCUT2D eigenvalue weighted by atomic mass is 10.2. The normalized spacial score (nSPS) is 9.95. The number of carbonyl (C=O) groups is 2. The summed E-state index contributed by atoms with van der Waals surface area (Å²) < 4.78 is 9.61. The second kappa shape index (κ2) is 11.3. The molecule has 0 aliphatic rings. The molecule has 1 rings (SSSR count). The van der Waals surface area contributed by atoms with Gasteiger partial charge in [-0.2, -0.15) is 0 Å². The zero-order chi connectivity index (χ0) is 15.3. The van der Waals surface area contributed by atoms with Gasteiger partial charge in [0.25, 0.3) is 0 Å². The van der Waals surface area contributed by atoms with Gasteiger partial charge in [-0.05, 0) is 5.56 Å². The second-order valence-corrected chi connectivity index (χ2v) is 6.66. The van der Waals surface area contributed by atoms with Crippen LogP contribution in [0.25, 0.3) is 0 Å². The molecule has 1 aromatic carbocycles. The minimum absolute atomic E-state index is 0.203. The molecule has 0 saturated heterocycles. The van der Waals surface area contributed by atoms with Gasteiger partial charge in [-0.15, -0.1) is 0 Å². The highest BCUT2D eigenvalue weighted by atomic mass is 33.1. The third-order valence-corrected chi connectivity index (χ3v) is 4.78. The van der Waals surface area contributed by atoms with Gasteiger partial charge in [0, 0.05) is 18.1 Å². The van der Waals surface area contributed by atoms with Crippen LogP contribution in [-0.2, 0) is 20.9 Å². The third-order valence-electron chi connectivity index (χ3n) is 2.37. The minimum atomic E-state index is -0.418. The van der Waals surface area contributed by atoms with Gasteiger partial charge in [0.15, 0.2) is 0 Å². The molecule has 0 saturated carbocycles. The number of ether oxygens (including phenoxy) is 2. The van der Waals surface area contributed by atoms with E-state index in [0.717, 1.165) is 11.3 Å². The Morgan fingerprint density at radius 3 is 2.57 bits per heavy atom. The Kier molecular flexibility index (Phi) is 9.56. The molecule has 0 heterocycles. The zero-order valence-corrected chi connectivity index (χ0v) is 13.5. The molecule has 0 bridgehead atoms. The first-order valence-electron chi connectivity index (χ1n) is 6.48. The molecule has 0 aliphatic carbocycles. The number of hydrogen-bond acceptors (Lipinski definition) is 6. The van der Waals surface area contributed by atoms with Crippen molar-refractivity contribution in [2.24, 2.45) is 0 Å². The van der Waals surface area contributed by atoms with Crippen molar-refractivity contribution in [2.75, 3.05) is 25.2 Å². The fourth-order valence-corrected chi connectivity index (χ4v) is 3.19. The highest BCUT2D eigenvalue weighted by Gasteiger charge is 2.02. The Balaban J connectivity index is 1.95. The van der Waals surface area contributed by atoms with Crippen LogP contribution in [0.5, 0.6) is 0 Å². The van der Waals surface area contributed by atoms with E-state index < -0.39 is 6.09 Å². The summed E-state index contributed by atoms with van der Waals surface area (Å²) in [5.41, 5.74) is 0.959. The van der Waals surface area contributed by atoms with E-state index in [2.05, 4.69) is 10.1 Å². The number of esters is 1. The van der Waals surface area contributed by atoms with E-state index >= 15 is 0 Å². The van der Waals surface area contributed by atoms with Crippen molar-refractivity contribution in [3.63, 3.8) is 0 Å². The first-order valence-corrected chi connectivity index (χ1v) is 8.97. The van der Waals surface area contributed by atoms with Crippen LogP contribution >= 0.6 is 21.6 Å². The summed E-state index contributed by atoms with van der Waals surface area (Å²) in [6.07, 6.45) is -0.0141. The SMILES string of the molecule is COC(=O)CCSSCCNC(=O)OCc1ccccc1. The fraction of sp³-hybridized carbons (Fsp3) is 0.429. The number of amides is 1. The molecule has 21 heavy (non-hydrogen) atoms. The molecule has 0 atom stereocenters. The van der Waals surface area contributed by atoms with Crippen molar-refractivity contribution in [2.45, 2.75) is 13.0 Å². The summed E-state index contributed by atoms with van der Waals surface area (Å²) in [7, 11) is 4.56. The molecule has 0 unspecified atom stereocenters. The molecule has 1 amide bonds. The number of rotatable bonds is 9. The molecule has 116 valence electrons. The third kappa shape index (κ3) is 9.25. The maximum atomic E-state index is 11.4. The Morgan fingerprint density at radius 2 is 1.86 bits per heavy atom. The second-order valence-electron chi connectivity index (χ2n) is 3.96. The highest BCUT2D eigenvalue weighted by Crippen LogP contribution is 2.21. The van der Waals surface area contributed by atoms with Gasteiger partial charge in [-0.1, -0.05) is 51.9 Å². The molecule has 1 N–H and O–H groups in total. The molecule has 0 radical (unpaired) electrons. The number of methoxy groups -OCH3 is 1. The lowest BCUT2D eigenvalue weighted by Gasteiger charge is -2.06. The first kappa shape index (κ1) is 17.7.